The van der Waals surface area contributed by atoms with Crippen LogP contribution in [0.25, 0.3) is 0 Å². The highest BCUT2D eigenvalue weighted by atomic mass is 32.2. The lowest BCUT2D eigenvalue weighted by molar-refractivity contribution is -0.142. The molecule has 0 radical (unpaired) electrons. The summed E-state index contributed by atoms with van der Waals surface area (Å²) in [6, 6.07) is 9.63. The van der Waals surface area contributed by atoms with Crippen molar-refractivity contribution < 1.29 is 14.7 Å². The van der Waals surface area contributed by atoms with Gasteiger partial charge in [0.15, 0.2) is 0 Å². The standard InChI is InChI=1S/C16H21NO3S/c1-11(10-21-2)15(18)17-8-13(14(9-17)16(19)20)12-6-4-3-5-7-12/h3-7,11,13-14H,8-10H2,1-2H3,(H,19,20). The number of hydrogen-bond acceptors (Lipinski definition) is 3. The number of carbonyl (C=O) groups is 2. The summed E-state index contributed by atoms with van der Waals surface area (Å²) in [4.78, 5) is 25.6. The largest absolute Gasteiger partial charge is 0.481 e. The molecule has 1 saturated heterocycles. The zero-order valence-electron chi connectivity index (χ0n) is 12.4. The maximum absolute atomic E-state index is 12.4. The number of likely N-dealkylation sites (tertiary alicyclic amines) is 1. The van der Waals surface area contributed by atoms with Crippen molar-refractivity contribution in [1.82, 2.24) is 4.90 Å². The van der Waals surface area contributed by atoms with Crippen LogP contribution in [0.3, 0.4) is 0 Å². The SMILES string of the molecule is CSCC(C)C(=O)N1CC(C(=O)O)C(c2ccccc2)C1. The maximum atomic E-state index is 12.4. The van der Waals surface area contributed by atoms with Gasteiger partial charge in [-0.25, -0.2) is 0 Å². The number of hydrogen-bond donors (Lipinski definition) is 1. The molecule has 1 N–H and O–H groups in total. The fraction of sp³-hybridized carbons (Fsp3) is 0.500. The first-order chi connectivity index (χ1) is 10.0. The molecule has 2 rings (SSSR count). The fourth-order valence-corrected chi connectivity index (χ4v) is 3.55. The summed E-state index contributed by atoms with van der Waals surface area (Å²) in [5.41, 5.74) is 0.998. The number of amides is 1. The van der Waals surface area contributed by atoms with Crippen molar-refractivity contribution in [2.75, 3.05) is 25.1 Å². The van der Waals surface area contributed by atoms with Gasteiger partial charge >= 0.3 is 5.97 Å². The number of carboxylic acid groups (broad SMARTS) is 1. The zero-order valence-corrected chi connectivity index (χ0v) is 13.2. The third-order valence-electron chi connectivity index (χ3n) is 4.01. The number of rotatable bonds is 5. The first-order valence-corrected chi connectivity index (χ1v) is 8.49. The van der Waals surface area contributed by atoms with Gasteiger partial charge < -0.3 is 10.0 Å². The van der Waals surface area contributed by atoms with Crippen molar-refractivity contribution in [2.45, 2.75) is 12.8 Å². The molecular formula is C16H21NO3S. The van der Waals surface area contributed by atoms with E-state index in [4.69, 9.17) is 0 Å². The molecular weight excluding hydrogens is 286 g/mol. The van der Waals surface area contributed by atoms with Crippen molar-refractivity contribution in [3.8, 4) is 0 Å². The molecule has 3 unspecified atom stereocenters. The van der Waals surface area contributed by atoms with E-state index in [9.17, 15) is 14.7 Å². The van der Waals surface area contributed by atoms with Crippen LogP contribution < -0.4 is 0 Å². The predicted molar refractivity (Wildman–Crippen MR) is 84.4 cm³/mol. The molecule has 0 aromatic heterocycles. The Morgan fingerprint density at radius 1 is 1.33 bits per heavy atom. The van der Waals surface area contributed by atoms with E-state index < -0.39 is 11.9 Å². The molecule has 1 fully saturated rings. The molecule has 1 amide bonds. The van der Waals surface area contributed by atoms with Gasteiger partial charge in [0.05, 0.1) is 5.92 Å². The monoisotopic (exact) mass is 307 g/mol. The average Bonchev–Trinajstić information content (AvgIpc) is 2.93. The lowest BCUT2D eigenvalue weighted by Gasteiger charge is -2.20. The van der Waals surface area contributed by atoms with Crippen LogP contribution in [0.5, 0.6) is 0 Å². The fourth-order valence-electron chi connectivity index (χ4n) is 2.90. The summed E-state index contributed by atoms with van der Waals surface area (Å²) in [6.07, 6.45) is 1.97. The van der Waals surface area contributed by atoms with Crippen LogP contribution in [0.1, 0.15) is 18.4 Å². The van der Waals surface area contributed by atoms with Gasteiger partial charge in [-0.2, -0.15) is 11.8 Å². The smallest absolute Gasteiger partial charge is 0.308 e. The molecule has 5 heteroatoms. The first kappa shape index (κ1) is 15.9. The minimum Gasteiger partial charge on any atom is -0.481 e. The van der Waals surface area contributed by atoms with Gasteiger partial charge in [0.1, 0.15) is 0 Å². The van der Waals surface area contributed by atoms with Crippen molar-refractivity contribution in [3.05, 3.63) is 35.9 Å². The van der Waals surface area contributed by atoms with Gasteiger partial charge in [-0.15, -0.1) is 0 Å². The number of nitrogens with zero attached hydrogens (tertiary/aromatic N) is 1. The Bertz CT molecular complexity index is 506. The number of thioether (sulfide) groups is 1. The average molecular weight is 307 g/mol. The van der Waals surface area contributed by atoms with Gasteiger partial charge in [-0.1, -0.05) is 37.3 Å². The van der Waals surface area contributed by atoms with Gasteiger partial charge in [-0.05, 0) is 11.8 Å². The molecule has 0 aliphatic carbocycles. The van der Waals surface area contributed by atoms with Crippen molar-refractivity contribution in [1.29, 1.82) is 0 Å². The van der Waals surface area contributed by atoms with E-state index in [1.54, 1.807) is 16.7 Å². The molecule has 4 nitrogen and oxygen atoms in total. The Labute approximate surface area is 129 Å². The minimum absolute atomic E-state index is 0.0639. The summed E-state index contributed by atoms with van der Waals surface area (Å²) in [5, 5.41) is 9.44. The summed E-state index contributed by atoms with van der Waals surface area (Å²) in [7, 11) is 0. The van der Waals surface area contributed by atoms with Gasteiger partial charge in [0, 0.05) is 30.7 Å². The van der Waals surface area contributed by atoms with E-state index in [1.165, 1.54) is 0 Å². The highest BCUT2D eigenvalue weighted by molar-refractivity contribution is 7.98. The summed E-state index contributed by atoms with van der Waals surface area (Å²) < 4.78 is 0. The molecule has 0 saturated carbocycles. The van der Waals surface area contributed by atoms with Crippen LogP contribution in [-0.2, 0) is 9.59 Å². The third-order valence-corrected chi connectivity index (χ3v) is 4.85. The summed E-state index contributed by atoms with van der Waals surface area (Å²) >= 11 is 1.64. The minimum atomic E-state index is -0.823. The molecule has 1 aromatic carbocycles. The molecule has 21 heavy (non-hydrogen) atoms. The van der Waals surface area contributed by atoms with Crippen LogP contribution in [0.15, 0.2) is 30.3 Å². The molecule has 0 bridgehead atoms. The van der Waals surface area contributed by atoms with Crippen LogP contribution in [0.2, 0.25) is 0 Å². The molecule has 0 spiro atoms. The van der Waals surface area contributed by atoms with Crippen LogP contribution in [-0.4, -0.2) is 47.0 Å². The number of carbonyl (C=O) groups excluding carboxylic acids is 1. The molecule has 1 aliphatic heterocycles. The second-order valence-electron chi connectivity index (χ2n) is 5.56. The van der Waals surface area contributed by atoms with E-state index in [2.05, 4.69) is 0 Å². The Kier molecular flexibility index (Phi) is 5.28. The third kappa shape index (κ3) is 3.59. The number of aliphatic carboxylic acids is 1. The highest BCUT2D eigenvalue weighted by Gasteiger charge is 2.41. The van der Waals surface area contributed by atoms with Gasteiger partial charge in [-0.3, -0.25) is 9.59 Å². The second kappa shape index (κ2) is 6.98. The molecule has 1 heterocycles. The number of carboxylic acids is 1. The molecule has 3 atom stereocenters. The Hall–Kier alpha value is -1.49. The maximum Gasteiger partial charge on any atom is 0.308 e. The highest BCUT2D eigenvalue weighted by Crippen LogP contribution is 2.33. The molecule has 114 valence electrons. The first-order valence-electron chi connectivity index (χ1n) is 7.10. The topological polar surface area (TPSA) is 57.6 Å². The van der Waals surface area contributed by atoms with Crippen LogP contribution >= 0.6 is 11.8 Å². The van der Waals surface area contributed by atoms with E-state index >= 15 is 0 Å². The summed E-state index contributed by atoms with van der Waals surface area (Å²) in [5.74, 6) is -0.690. The van der Waals surface area contributed by atoms with E-state index in [1.807, 2.05) is 43.5 Å². The van der Waals surface area contributed by atoms with Crippen molar-refractivity contribution >= 4 is 23.6 Å². The van der Waals surface area contributed by atoms with Gasteiger partial charge in [0.2, 0.25) is 5.91 Å². The normalized spacial score (nSPS) is 23.0. The lowest BCUT2D eigenvalue weighted by Crippen LogP contribution is -2.35. The summed E-state index contributed by atoms with van der Waals surface area (Å²) in [6.45, 7) is 2.72. The Morgan fingerprint density at radius 3 is 2.57 bits per heavy atom. The van der Waals surface area contributed by atoms with E-state index in [0.717, 1.165) is 11.3 Å². The van der Waals surface area contributed by atoms with Crippen molar-refractivity contribution in [3.63, 3.8) is 0 Å². The van der Waals surface area contributed by atoms with Crippen molar-refractivity contribution in [2.24, 2.45) is 11.8 Å². The zero-order chi connectivity index (χ0) is 15.4. The Morgan fingerprint density at radius 2 is 2.00 bits per heavy atom. The molecule has 1 aliphatic rings. The van der Waals surface area contributed by atoms with Gasteiger partial charge in [0.25, 0.3) is 0 Å². The molecule has 1 aromatic rings. The van der Waals surface area contributed by atoms with Crippen LogP contribution in [0.4, 0.5) is 0 Å². The predicted octanol–water partition coefficient (Wildman–Crippen LogP) is 2.31. The quantitative estimate of drug-likeness (QED) is 0.907. The van der Waals surface area contributed by atoms with E-state index in [-0.39, 0.29) is 17.7 Å². The van der Waals surface area contributed by atoms with E-state index in [0.29, 0.717) is 13.1 Å². The Balaban J connectivity index is 2.16. The number of benzene rings is 1. The lowest BCUT2D eigenvalue weighted by atomic mass is 9.89. The second-order valence-corrected chi connectivity index (χ2v) is 6.47. The van der Waals surface area contributed by atoms with Crippen LogP contribution in [0, 0.1) is 11.8 Å².